The molecule has 36 heavy (non-hydrogen) atoms. The zero-order chi connectivity index (χ0) is 26.2. The maximum absolute atomic E-state index is 13.4. The van der Waals surface area contributed by atoms with Gasteiger partial charge in [-0.05, 0) is 64.0 Å². The first-order valence-electron chi connectivity index (χ1n) is 11.7. The number of rotatable bonds is 6. The highest BCUT2D eigenvalue weighted by Gasteiger charge is 2.31. The Morgan fingerprint density at radius 2 is 1.89 bits per heavy atom. The van der Waals surface area contributed by atoms with Gasteiger partial charge in [-0.1, -0.05) is 23.7 Å². The number of ether oxygens (including phenoxy) is 1. The molecule has 0 amide bonds. The van der Waals surface area contributed by atoms with Gasteiger partial charge < -0.3 is 19.3 Å². The highest BCUT2D eigenvalue weighted by molar-refractivity contribution is 6.31. The maximum Gasteiger partial charge on any atom is 0.273 e. The van der Waals surface area contributed by atoms with E-state index in [-0.39, 0.29) is 35.0 Å². The van der Waals surface area contributed by atoms with E-state index >= 15 is 0 Å². The Balaban J connectivity index is 1.65. The highest BCUT2D eigenvalue weighted by atomic mass is 35.5. The Morgan fingerprint density at radius 1 is 1.17 bits per heavy atom. The van der Waals surface area contributed by atoms with Crippen molar-refractivity contribution in [3.63, 3.8) is 0 Å². The Morgan fingerprint density at radius 3 is 2.58 bits per heavy atom. The number of aromatic nitrogens is 3. The van der Waals surface area contributed by atoms with Gasteiger partial charge in [0.2, 0.25) is 5.95 Å². The lowest BCUT2D eigenvalue weighted by molar-refractivity contribution is 0.0732. The lowest BCUT2D eigenvalue weighted by atomic mass is 9.92. The summed E-state index contributed by atoms with van der Waals surface area (Å²) in [7, 11) is 1.98. The zero-order valence-corrected chi connectivity index (χ0v) is 21.8. The van der Waals surface area contributed by atoms with Gasteiger partial charge in [0.1, 0.15) is 23.0 Å². The highest BCUT2D eigenvalue weighted by Crippen LogP contribution is 2.38. The van der Waals surface area contributed by atoms with Gasteiger partial charge in [0.15, 0.2) is 0 Å². The minimum Gasteiger partial charge on any atom is -0.485 e. The fraction of sp³-hybridized carbons (Fsp3) is 0.370. The summed E-state index contributed by atoms with van der Waals surface area (Å²) < 4.78 is 20.8. The Bertz CT molecular complexity index is 1370. The molecule has 9 heteroatoms. The van der Waals surface area contributed by atoms with Crippen molar-refractivity contribution in [3.05, 3.63) is 98.3 Å². The van der Waals surface area contributed by atoms with Crippen LogP contribution in [0.3, 0.4) is 0 Å². The summed E-state index contributed by atoms with van der Waals surface area (Å²) in [5.41, 5.74) is 2.06. The van der Waals surface area contributed by atoms with E-state index in [9.17, 15) is 14.3 Å². The smallest absolute Gasteiger partial charge is 0.273 e. The molecule has 0 fully saturated rings. The standard InChI is InChI=1S/C27H30ClFN4O3/c1-16-14-32(5)21(19-9-7-10-23(31-19)27(3,4)35)13-20(16)33-17(2)12-22(25(28)26(33)34)36-15-18-8-6-11-24(29)30-18/h6-12,14,20-21,35H,13,15H2,1-5H3/t20-,21-/m1/s1. The van der Waals surface area contributed by atoms with E-state index in [1.807, 2.05) is 39.2 Å². The number of hydrogen-bond acceptors (Lipinski definition) is 6. The fourth-order valence-corrected chi connectivity index (χ4v) is 4.75. The van der Waals surface area contributed by atoms with Crippen LogP contribution < -0.4 is 10.3 Å². The van der Waals surface area contributed by atoms with E-state index in [1.54, 1.807) is 42.7 Å². The van der Waals surface area contributed by atoms with E-state index in [0.717, 1.165) is 11.3 Å². The van der Waals surface area contributed by atoms with Gasteiger partial charge in [0.25, 0.3) is 5.56 Å². The van der Waals surface area contributed by atoms with Gasteiger partial charge in [0, 0.05) is 25.0 Å². The average molecular weight is 513 g/mol. The summed E-state index contributed by atoms with van der Waals surface area (Å²) >= 11 is 6.46. The van der Waals surface area contributed by atoms with Gasteiger partial charge in [-0.2, -0.15) is 4.39 Å². The molecule has 0 spiro atoms. The molecule has 0 saturated heterocycles. The van der Waals surface area contributed by atoms with Crippen molar-refractivity contribution >= 4 is 11.6 Å². The Kier molecular flexibility index (Phi) is 7.20. The van der Waals surface area contributed by atoms with Crippen molar-refractivity contribution in [3.8, 4) is 5.75 Å². The Hall–Kier alpha value is -3.23. The summed E-state index contributed by atoms with van der Waals surface area (Å²) in [5.74, 6) is -0.373. The fourth-order valence-electron chi connectivity index (χ4n) is 4.55. The van der Waals surface area contributed by atoms with Crippen molar-refractivity contribution < 1.29 is 14.2 Å². The van der Waals surface area contributed by atoms with Crippen LogP contribution in [0.5, 0.6) is 5.75 Å². The molecule has 0 aromatic carbocycles. The zero-order valence-electron chi connectivity index (χ0n) is 21.0. The van der Waals surface area contributed by atoms with E-state index < -0.39 is 11.5 Å². The van der Waals surface area contributed by atoms with Gasteiger partial charge >= 0.3 is 0 Å². The number of aliphatic hydroxyl groups is 1. The van der Waals surface area contributed by atoms with E-state index in [2.05, 4.69) is 9.88 Å². The molecule has 4 rings (SSSR count). The summed E-state index contributed by atoms with van der Waals surface area (Å²) in [6.07, 6.45) is 2.60. The van der Waals surface area contributed by atoms with Crippen molar-refractivity contribution in [2.45, 2.75) is 58.4 Å². The third-order valence-corrected chi connectivity index (χ3v) is 6.76. The molecule has 2 atom stereocenters. The SMILES string of the molecule is CC1=CN(C)[C@@H](c2cccc(C(C)(C)O)n2)C[C@H]1n1c(C)cc(OCc2cccc(F)n2)c(Cl)c1=O. The molecular weight excluding hydrogens is 483 g/mol. The first-order valence-corrected chi connectivity index (χ1v) is 12.1. The molecular formula is C27H30ClFN4O3. The molecule has 190 valence electrons. The summed E-state index contributed by atoms with van der Waals surface area (Å²) in [6, 6.07) is 11.4. The molecule has 0 saturated carbocycles. The molecule has 3 aromatic rings. The number of aryl methyl sites for hydroxylation is 1. The minimum absolute atomic E-state index is 0.0151. The van der Waals surface area contributed by atoms with Gasteiger partial charge in [-0.15, -0.1) is 0 Å². The van der Waals surface area contributed by atoms with Crippen LogP contribution in [0.15, 0.2) is 59.0 Å². The number of halogens is 2. The molecule has 4 heterocycles. The normalized spacial score (nSPS) is 18.2. The summed E-state index contributed by atoms with van der Waals surface area (Å²) in [6.45, 7) is 7.21. The van der Waals surface area contributed by atoms with Crippen LogP contribution in [-0.4, -0.2) is 31.6 Å². The number of hydrogen-bond donors (Lipinski definition) is 1. The van der Waals surface area contributed by atoms with Crippen LogP contribution in [0, 0.1) is 12.9 Å². The monoisotopic (exact) mass is 512 g/mol. The molecule has 0 unspecified atom stereocenters. The van der Waals surface area contributed by atoms with Gasteiger partial charge in [-0.3, -0.25) is 9.78 Å². The van der Waals surface area contributed by atoms with E-state index in [4.69, 9.17) is 21.3 Å². The van der Waals surface area contributed by atoms with Crippen LogP contribution in [0.1, 0.15) is 62.1 Å². The molecule has 0 radical (unpaired) electrons. The minimum atomic E-state index is -1.06. The molecule has 7 nitrogen and oxygen atoms in total. The van der Waals surface area contributed by atoms with E-state index in [1.165, 1.54) is 6.07 Å². The van der Waals surface area contributed by atoms with Crippen molar-refractivity contribution in [2.24, 2.45) is 0 Å². The summed E-state index contributed by atoms with van der Waals surface area (Å²) in [4.78, 5) is 24.0. The second kappa shape index (κ2) is 10.0. The van der Waals surface area contributed by atoms with Crippen LogP contribution in [0.2, 0.25) is 5.02 Å². The van der Waals surface area contributed by atoms with Crippen molar-refractivity contribution in [1.29, 1.82) is 0 Å². The topological polar surface area (TPSA) is 80.5 Å². The quantitative estimate of drug-likeness (QED) is 0.465. The second-order valence-corrected chi connectivity index (χ2v) is 10.1. The molecule has 1 aliphatic heterocycles. The molecule has 0 bridgehead atoms. The molecule has 0 aliphatic carbocycles. The van der Waals surface area contributed by atoms with Gasteiger partial charge in [-0.25, -0.2) is 4.98 Å². The van der Waals surface area contributed by atoms with Crippen LogP contribution in [-0.2, 0) is 12.2 Å². The van der Waals surface area contributed by atoms with E-state index in [0.29, 0.717) is 23.5 Å². The lowest BCUT2D eigenvalue weighted by Crippen LogP contribution is -2.35. The lowest BCUT2D eigenvalue weighted by Gasteiger charge is -2.38. The van der Waals surface area contributed by atoms with Crippen molar-refractivity contribution in [1.82, 2.24) is 19.4 Å². The number of pyridine rings is 3. The average Bonchev–Trinajstić information content (AvgIpc) is 2.81. The predicted molar refractivity (Wildman–Crippen MR) is 136 cm³/mol. The van der Waals surface area contributed by atoms with Crippen LogP contribution in [0.25, 0.3) is 0 Å². The first-order chi connectivity index (χ1) is 17.0. The van der Waals surface area contributed by atoms with Crippen molar-refractivity contribution in [2.75, 3.05) is 7.05 Å². The third-order valence-electron chi connectivity index (χ3n) is 6.41. The number of nitrogens with zero attached hydrogens (tertiary/aromatic N) is 4. The number of allylic oxidation sites excluding steroid dienone is 1. The Labute approximate surface area is 214 Å². The molecule has 3 aromatic heterocycles. The van der Waals surface area contributed by atoms with Crippen LogP contribution in [0.4, 0.5) is 4.39 Å². The maximum atomic E-state index is 13.4. The third kappa shape index (κ3) is 5.29. The largest absolute Gasteiger partial charge is 0.485 e. The van der Waals surface area contributed by atoms with Gasteiger partial charge in [0.05, 0.1) is 29.2 Å². The molecule has 1 N–H and O–H groups in total. The predicted octanol–water partition coefficient (Wildman–Crippen LogP) is 5.07. The van der Waals surface area contributed by atoms with Crippen LogP contribution >= 0.6 is 11.6 Å². The first kappa shape index (κ1) is 25.9. The summed E-state index contributed by atoms with van der Waals surface area (Å²) in [5, 5.41) is 10.4. The molecule has 1 aliphatic rings. The second-order valence-electron chi connectivity index (χ2n) is 9.69.